The van der Waals surface area contributed by atoms with E-state index in [1.54, 1.807) is 0 Å². The van der Waals surface area contributed by atoms with Crippen LogP contribution >= 0.6 is 12.6 Å². The number of hydrogen-bond acceptors (Lipinski definition) is 1. The van der Waals surface area contributed by atoms with Gasteiger partial charge in [0, 0.05) is 4.75 Å². The average Bonchev–Trinajstić information content (AvgIpc) is 3.07. The summed E-state index contributed by atoms with van der Waals surface area (Å²) < 4.78 is 0.327. The second-order valence-electron chi connectivity index (χ2n) is 10.1. The minimum atomic E-state index is 0.327. The monoisotopic (exact) mass is 434 g/mol. The lowest BCUT2D eigenvalue weighted by Gasteiger charge is -2.25. The Morgan fingerprint density at radius 2 is 1.10 bits per heavy atom. The average molecular weight is 435 g/mol. The molecule has 1 aliphatic rings. The fraction of sp³-hybridized carbons (Fsp3) is 0.862. The van der Waals surface area contributed by atoms with Gasteiger partial charge in [0.2, 0.25) is 0 Å². The van der Waals surface area contributed by atoms with Gasteiger partial charge < -0.3 is 0 Å². The van der Waals surface area contributed by atoms with Crippen molar-refractivity contribution in [2.75, 3.05) is 0 Å². The van der Waals surface area contributed by atoms with E-state index in [1.807, 2.05) is 0 Å². The molecular formula is C29H54S. The summed E-state index contributed by atoms with van der Waals surface area (Å²) in [5.41, 5.74) is 0. The van der Waals surface area contributed by atoms with Gasteiger partial charge >= 0.3 is 0 Å². The molecule has 0 aromatic carbocycles. The molecule has 0 aromatic rings. The third-order valence-corrected chi connectivity index (χ3v) is 7.66. The van der Waals surface area contributed by atoms with Gasteiger partial charge in [0.05, 0.1) is 0 Å². The van der Waals surface area contributed by atoms with Crippen LogP contribution in [0.4, 0.5) is 0 Å². The molecule has 0 nitrogen and oxygen atoms in total. The molecule has 0 radical (unpaired) electrons. The van der Waals surface area contributed by atoms with E-state index >= 15 is 0 Å². The van der Waals surface area contributed by atoms with E-state index in [0.29, 0.717) is 4.75 Å². The third kappa shape index (κ3) is 15.6. The molecule has 0 aromatic heterocycles. The minimum absolute atomic E-state index is 0.327. The largest absolute Gasteiger partial charge is 0.173 e. The second kappa shape index (κ2) is 19.5. The summed E-state index contributed by atoms with van der Waals surface area (Å²) in [6, 6.07) is 0. The van der Waals surface area contributed by atoms with Crippen LogP contribution in [0.15, 0.2) is 24.3 Å². The lowest BCUT2D eigenvalue weighted by molar-refractivity contribution is 0.408. The lowest BCUT2D eigenvalue weighted by Crippen LogP contribution is -2.21. The van der Waals surface area contributed by atoms with Crippen molar-refractivity contribution >= 4 is 12.6 Å². The molecule has 176 valence electrons. The number of allylic oxidation sites excluding steroid dienone is 4. The van der Waals surface area contributed by atoms with Gasteiger partial charge in [-0.3, -0.25) is 0 Å². The highest BCUT2D eigenvalue weighted by Gasteiger charge is 2.34. The first-order chi connectivity index (χ1) is 14.7. The Bertz CT molecular complexity index is 420. The van der Waals surface area contributed by atoms with Crippen LogP contribution in [-0.2, 0) is 0 Å². The molecule has 0 bridgehead atoms. The Hall–Kier alpha value is -0.170. The van der Waals surface area contributed by atoms with Gasteiger partial charge in [-0.25, -0.2) is 0 Å². The van der Waals surface area contributed by atoms with E-state index in [1.165, 1.54) is 135 Å². The zero-order chi connectivity index (χ0) is 21.8. The van der Waals surface area contributed by atoms with Crippen molar-refractivity contribution < 1.29 is 0 Å². The fourth-order valence-electron chi connectivity index (χ4n) is 4.91. The molecule has 0 N–H and O–H groups in total. The van der Waals surface area contributed by atoms with Crippen LogP contribution in [0.5, 0.6) is 0 Å². The number of thiol groups is 1. The quantitative estimate of drug-likeness (QED) is 0.110. The number of rotatable bonds is 20. The highest BCUT2D eigenvalue weighted by atomic mass is 32.1. The molecule has 1 aliphatic carbocycles. The van der Waals surface area contributed by atoms with Crippen LogP contribution in [0, 0.1) is 5.92 Å². The molecule has 1 heteroatoms. The van der Waals surface area contributed by atoms with E-state index in [0.717, 1.165) is 5.92 Å². The summed E-state index contributed by atoms with van der Waals surface area (Å²) in [5.74, 6) is 0.874. The van der Waals surface area contributed by atoms with Gasteiger partial charge in [0.1, 0.15) is 0 Å². The molecule has 30 heavy (non-hydrogen) atoms. The van der Waals surface area contributed by atoms with Gasteiger partial charge in [0.25, 0.3) is 0 Å². The van der Waals surface area contributed by atoms with Gasteiger partial charge in [-0.2, -0.15) is 12.6 Å². The molecule has 1 rings (SSSR count). The zero-order valence-corrected chi connectivity index (χ0v) is 21.6. The first-order valence-corrected chi connectivity index (χ1v) is 14.1. The Labute approximate surface area is 196 Å². The van der Waals surface area contributed by atoms with Crippen molar-refractivity contribution in [2.45, 2.75) is 153 Å². The highest BCUT2D eigenvalue weighted by Crippen LogP contribution is 2.43. The molecule has 2 unspecified atom stereocenters. The fourth-order valence-corrected chi connectivity index (χ4v) is 5.32. The van der Waals surface area contributed by atoms with E-state index in [2.05, 4.69) is 38.2 Å². The molecule has 0 spiro atoms. The summed E-state index contributed by atoms with van der Waals surface area (Å²) in [6.07, 6.45) is 38.6. The molecule has 0 aliphatic heterocycles. The maximum atomic E-state index is 4.88. The van der Waals surface area contributed by atoms with Gasteiger partial charge in [-0.1, -0.05) is 109 Å². The number of hydrogen-bond donors (Lipinski definition) is 1. The lowest BCUT2D eigenvalue weighted by atomic mass is 9.91. The summed E-state index contributed by atoms with van der Waals surface area (Å²) in [6.45, 7) is 4.60. The predicted octanol–water partition coefficient (Wildman–Crippen LogP) is 10.6. The summed E-state index contributed by atoms with van der Waals surface area (Å²) in [7, 11) is 0. The van der Waals surface area contributed by atoms with Crippen LogP contribution in [-0.4, -0.2) is 4.75 Å². The third-order valence-electron chi connectivity index (χ3n) is 7.07. The van der Waals surface area contributed by atoms with Crippen molar-refractivity contribution in [3.8, 4) is 0 Å². The first kappa shape index (κ1) is 27.9. The summed E-state index contributed by atoms with van der Waals surface area (Å²) in [5, 5.41) is 0. The standard InChI is InChI=1S/C29H54S/c1-3-4-5-6-7-8-9-10-11-12-13-14-15-16-17-18-19-20-21-22-23-25-28-26-24-27-29(28,2)30/h5-6,17-18,28,30H,3-4,7-16,19-27H2,1-2H3/b6-5+,18-17+. The van der Waals surface area contributed by atoms with Crippen LogP contribution in [0.3, 0.4) is 0 Å². The smallest absolute Gasteiger partial charge is 0.0129 e. The summed E-state index contributed by atoms with van der Waals surface area (Å²) >= 11 is 4.88. The van der Waals surface area contributed by atoms with Crippen LogP contribution in [0.2, 0.25) is 0 Å². The maximum absolute atomic E-state index is 4.88. The van der Waals surface area contributed by atoms with Crippen LogP contribution < -0.4 is 0 Å². The number of unbranched alkanes of at least 4 members (excludes halogenated alkanes) is 14. The SMILES string of the molecule is CCC/C=C/CCCCCCCCCC/C=C/CCCCCCC1CCCC1(C)S. The van der Waals surface area contributed by atoms with Gasteiger partial charge in [-0.15, -0.1) is 0 Å². The van der Waals surface area contributed by atoms with Crippen molar-refractivity contribution in [1.29, 1.82) is 0 Å². The van der Waals surface area contributed by atoms with E-state index in [9.17, 15) is 0 Å². The van der Waals surface area contributed by atoms with Gasteiger partial charge in [0.15, 0.2) is 0 Å². The van der Waals surface area contributed by atoms with Crippen molar-refractivity contribution in [2.24, 2.45) is 5.92 Å². The van der Waals surface area contributed by atoms with E-state index in [-0.39, 0.29) is 0 Å². The van der Waals surface area contributed by atoms with Crippen LogP contribution in [0.25, 0.3) is 0 Å². The maximum Gasteiger partial charge on any atom is 0.0129 e. The molecule has 0 saturated heterocycles. The highest BCUT2D eigenvalue weighted by molar-refractivity contribution is 7.81. The summed E-state index contributed by atoms with van der Waals surface area (Å²) in [4.78, 5) is 0. The second-order valence-corrected chi connectivity index (χ2v) is 11.1. The molecule has 2 atom stereocenters. The Balaban J connectivity index is 1.74. The van der Waals surface area contributed by atoms with E-state index < -0.39 is 0 Å². The van der Waals surface area contributed by atoms with E-state index in [4.69, 9.17) is 12.6 Å². The predicted molar refractivity (Wildman–Crippen MR) is 142 cm³/mol. The molecule has 0 amide bonds. The molecular weight excluding hydrogens is 380 g/mol. The van der Waals surface area contributed by atoms with Gasteiger partial charge in [-0.05, 0) is 70.1 Å². The first-order valence-electron chi connectivity index (χ1n) is 13.7. The molecule has 1 saturated carbocycles. The Morgan fingerprint density at radius 3 is 1.53 bits per heavy atom. The van der Waals surface area contributed by atoms with Crippen molar-refractivity contribution in [3.05, 3.63) is 24.3 Å². The van der Waals surface area contributed by atoms with Crippen LogP contribution in [0.1, 0.15) is 149 Å². The molecule has 0 heterocycles. The minimum Gasteiger partial charge on any atom is -0.173 e. The Morgan fingerprint density at radius 1 is 0.667 bits per heavy atom. The zero-order valence-electron chi connectivity index (χ0n) is 20.7. The van der Waals surface area contributed by atoms with Crippen molar-refractivity contribution in [1.82, 2.24) is 0 Å². The van der Waals surface area contributed by atoms with Crippen molar-refractivity contribution in [3.63, 3.8) is 0 Å². The molecule has 1 fully saturated rings. The topological polar surface area (TPSA) is 0 Å². The normalized spacial score (nSPS) is 22.0. The Kier molecular flexibility index (Phi) is 18.1.